The van der Waals surface area contributed by atoms with Crippen molar-refractivity contribution in [3.63, 3.8) is 0 Å². The van der Waals surface area contributed by atoms with E-state index in [-0.39, 0.29) is 25.1 Å². The number of ether oxygens (including phenoxy) is 2. The van der Waals surface area contributed by atoms with Gasteiger partial charge in [-0.25, -0.2) is 4.79 Å². The number of aliphatic hydroxyl groups excluding tert-OH is 1. The zero-order valence-electron chi connectivity index (χ0n) is 15.3. The molecule has 7 heteroatoms. The molecule has 1 aliphatic heterocycles. The second-order valence-corrected chi connectivity index (χ2v) is 6.99. The molecule has 2 fully saturated rings. The third-order valence-electron chi connectivity index (χ3n) is 5.38. The first-order valence-electron chi connectivity index (χ1n) is 9.02. The molecule has 0 radical (unpaired) electrons. The second kappa shape index (κ2) is 7.53. The summed E-state index contributed by atoms with van der Waals surface area (Å²) in [6.07, 6.45) is 3.43. The molecule has 1 spiro atoms. The Labute approximate surface area is 153 Å². The maximum atomic E-state index is 12.9. The first-order valence-corrected chi connectivity index (χ1v) is 9.02. The minimum absolute atomic E-state index is 0.000102. The van der Waals surface area contributed by atoms with E-state index in [1.54, 1.807) is 43.3 Å². The quantitative estimate of drug-likeness (QED) is 0.784. The fourth-order valence-corrected chi connectivity index (χ4v) is 3.82. The summed E-state index contributed by atoms with van der Waals surface area (Å²) in [5.74, 6) is 1.12. The Hall–Kier alpha value is -2.28. The van der Waals surface area contributed by atoms with Crippen LogP contribution in [0.4, 0.5) is 4.79 Å². The lowest BCUT2D eigenvalue weighted by molar-refractivity contribution is -0.135. The molecule has 1 saturated carbocycles. The van der Waals surface area contributed by atoms with Crippen LogP contribution in [0.15, 0.2) is 24.3 Å². The topological polar surface area (TPSA) is 79.3 Å². The van der Waals surface area contributed by atoms with Crippen molar-refractivity contribution in [3.8, 4) is 11.5 Å². The number of rotatable bonds is 6. The van der Waals surface area contributed by atoms with Crippen LogP contribution < -0.4 is 9.47 Å². The Morgan fingerprint density at radius 1 is 1.12 bits per heavy atom. The number of imide groups is 1. The van der Waals surface area contributed by atoms with E-state index >= 15 is 0 Å². The maximum absolute atomic E-state index is 12.9. The van der Waals surface area contributed by atoms with Gasteiger partial charge < -0.3 is 19.5 Å². The first kappa shape index (κ1) is 18.5. The van der Waals surface area contributed by atoms with Gasteiger partial charge in [-0.1, -0.05) is 19.3 Å². The number of aliphatic hydroxyl groups is 1. The van der Waals surface area contributed by atoms with Gasteiger partial charge in [0.2, 0.25) is 0 Å². The molecule has 0 bridgehead atoms. The van der Waals surface area contributed by atoms with Crippen LogP contribution >= 0.6 is 0 Å². The van der Waals surface area contributed by atoms with Crippen molar-refractivity contribution in [2.24, 2.45) is 0 Å². The van der Waals surface area contributed by atoms with Crippen LogP contribution in [0.3, 0.4) is 0 Å². The number of urea groups is 1. The van der Waals surface area contributed by atoms with Crippen LogP contribution in [0.5, 0.6) is 11.5 Å². The number of likely N-dealkylation sites (N-methyl/N-ethyl adjacent to an activating group) is 1. The number of amides is 3. The van der Waals surface area contributed by atoms with Gasteiger partial charge in [-0.05, 0) is 37.1 Å². The van der Waals surface area contributed by atoms with Crippen molar-refractivity contribution in [2.45, 2.75) is 43.7 Å². The zero-order valence-corrected chi connectivity index (χ0v) is 15.3. The summed E-state index contributed by atoms with van der Waals surface area (Å²) in [7, 11) is 3.27. The average Bonchev–Trinajstić information content (AvgIpc) is 2.84. The van der Waals surface area contributed by atoms with Gasteiger partial charge in [-0.15, -0.1) is 0 Å². The predicted molar refractivity (Wildman–Crippen MR) is 95.2 cm³/mol. The van der Waals surface area contributed by atoms with Crippen molar-refractivity contribution in [1.29, 1.82) is 0 Å². The molecule has 1 unspecified atom stereocenters. The van der Waals surface area contributed by atoms with E-state index < -0.39 is 11.6 Å². The molecule has 1 atom stereocenters. The van der Waals surface area contributed by atoms with Gasteiger partial charge >= 0.3 is 6.03 Å². The lowest BCUT2D eigenvalue weighted by atomic mass is 9.81. The van der Waals surface area contributed by atoms with Crippen molar-refractivity contribution in [2.75, 3.05) is 27.3 Å². The van der Waals surface area contributed by atoms with Crippen molar-refractivity contribution in [3.05, 3.63) is 24.3 Å². The molecule has 1 saturated heterocycles. The van der Waals surface area contributed by atoms with Crippen LogP contribution in [-0.2, 0) is 4.79 Å². The van der Waals surface area contributed by atoms with Gasteiger partial charge in [-0.3, -0.25) is 9.69 Å². The Morgan fingerprint density at radius 3 is 2.35 bits per heavy atom. The monoisotopic (exact) mass is 362 g/mol. The molecule has 1 aromatic rings. The summed E-state index contributed by atoms with van der Waals surface area (Å²) in [5, 5.41) is 10.3. The Balaban J connectivity index is 1.58. The van der Waals surface area contributed by atoms with Gasteiger partial charge in [0.05, 0.1) is 13.7 Å². The lowest BCUT2D eigenvalue weighted by Crippen LogP contribution is -2.49. The molecular weight excluding hydrogens is 336 g/mol. The van der Waals surface area contributed by atoms with Gasteiger partial charge in [0, 0.05) is 7.05 Å². The number of nitrogens with zero attached hydrogens (tertiary/aromatic N) is 2. The standard InChI is InChI=1S/C19H26N2O5/c1-20-18(24)21(17(23)19(20)10-4-3-5-11-19)12-14(22)13-26-16-8-6-15(25-2)7-9-16/h6-9,14,22H,3-5,10-13H2,1-2H3. The summed E-state index contributed by atoms with van der Waals surface area (Å²) in [5.41, 5.74) is -0.716. The number of hydrogen-bond acceptors (Lipinski definition) is 5. The first-order chi connectivity index (χ1) is 12.5. The minimum atomic E-state index is -0.947. The summed E-state index contributed by atoms with van der Waals surface area (Å²) in [6, 6.07) is 6.67. The highest BCUT2D eigenvalue weighted by Crippen LogP contribution is 2.39. The third-order valence-corrected chi connectivity index (χ3v) is 5.38. The van der Waals surface area contributed by atoms with E-state index in [1.165, 1.54) is 4.90 Å². The lowest BCUT2D eigenvalue weighted by Gasteiger charge is -2.35. The van der Waals surface area contributed by atoms with E-state index in [4.69, 9.17) is 9.47 Å². The van der Waals surface area contributed by atoms with E-state index in [0.717, 1.165) is 19.3 Å². The second-order valence-electron chi connectivity index (χ2n) is 6.99. The molecule has 2 aliphatic rings. The average molecular weight is 362 g/mol. The Bertz CT molecular complexity index is 654. The van der Waals surface area contributed by atoms with Crippen molar-refractivity contribution >= 4 is 11.9 Å². The highest BCUT2D eigenvalue weighted by Gasteiger charge is 2.55. The zero-order chi connectivity index (χ0) is 18.7. The van der Waals surface area contributed by atoms with Crippen LogP contribution in [0.2, 0.25) is 0 Å². The fourth-order valence-electron chi connectivity index (χ4n) is 3.82. The summed E-state index contributed by atoms with van der Waals surface area (Å²) >= 11 is 0. The molecule has 1 aromatic carbocycles. The summed E-state index contributed by atoms with van der Waals surface area (Å²) in [6.45, 7) is -0.0555. The SMILES string of the molecule is COc1ccc(OCC(O)CN2C(=O)N(C)C3(CCCCC3)C2=O)cc1. The van der Waals surface area contributed by atoms with Crippen LogP contribution in [0, 0.1) is 0 Å². The Morgan fingerprint density at radius 2 is 1.73 bits per heavy atom. The van der Waals surface area contributed by atoms with Gasteiger partial charge in [0.15, 0.2) is 0 Å². The normalized spacial score (nSPS) is 20.6. The number of β-amino-alcohol motifs (C(OH)–C–C–N with tert-alkyl or cyclic N) is 1. The summed E-state index contributed by atoms with van der Waals surface area (Å²) < 4.78 is 10.6. The molecule has 7 nitrogen and oxygen atoms in total. The van der Waals surface area contributed by atoms with E-state index in [1.807, 2.05) is 0 Å². The largest absolute Gasteiger partial charge is 0.497 e. The fraction of sp³-hybridized carbons (Fsp3) is 0.579. The molecule has 26 heavy (non-hydrogen) atoms. The van der Waals surface area contributed by atoms with Gasteiger partial charge in [0.1, 0.15) is 29.7 Å². The number of hydrogen-bond donors (Lipinski definition) is 1. The van der Waals surface area contributed by atoms with Gasteiger partial charge in [0.25, 0.3) is 5.91 Å². The van der Waals surface area contributed by atoms with Crippen molar-refractivity contribution in [1.82, 2.24) is 9.80 Å². The Kier molecular flexibility index (Phi) is 5.36. The van der Waals surface area contributed by atoms with Crippen LogP contribution in [-0.4, -0.2) is 65.8 Å². The molecule has 3 amide bonds. The maximum Gasteiger partial charge on any atom is 0.327 e. The molecule has 142 valence electrons. The summed E-state index contributed by atoms with van der Waals surface area (Å²) in [4.78, 5) is 28.2. The van der Waals surface area contributed by atoms with E-state index in [9.17, 15) is 14.7 Å². The molecule has 0 aromatic heterocycles. The van der Waals surface area contributed by atoms with E-state index in [2.05, 4.69) is 0 Å². The molecule has 1 heterocycles. The van der Waals surface area contributed by atoms with Crippen LogP contribution in [0.25, 0.3) is 0 Å². The number of carbonyl (C=O) groups is 2. The highest BCUT2D eigenvalue weighted by atomic mass is 16.5. The predicted octanol–water partition coefficient (Wildman–Crippen LogP) is 2.03. The van der Waals surface area contributed by atoms with Crippen molar-refractivity contribution < 1.29 is 24.2 Å². The minimum Gasteiger partial charge on any atom is -0.497 e. The highest BCUT2D eigenvalue weighted by molar-refractivity contribution is 6.07. The smallest absolute Gasteiger partial charge is 0.327 e. The number of methoxy groups -OCH3 is 1. The molecule has 1 N–H and O–H groups in total. The molecular formula is C19H26N2O5. The van der Waals surface area contributed by atoms with E-state index in [0.29, 0.717) is 24.3 Å². The number of benzene rings is 1. The number of carbonyl (C=O) groups excluding carboxylic acids is 2. The van der Waals surface area contributed by atoms with Crippen LogP contribution in [0.1, 0.15) is 32.1 Å². The van der Waals surface area contributed by atoms with Gasteiger partial charge in [-0.2, -0.15) is 0 Å². The molecule has 3 rings (SSSR count). The molecule has 1 aliphatic carbocycles. The third kappa shape index (κ3) is 3.35.